The van der Waals surface area contributed by atoms with Gasteiger partial charge >= 0.3 is 11.9 Å². The Hall–Kier alpha value is 0.340. The predicted molar refractivity (Wildman–Crippen MR) is 67.6 cm³/mol. The molecule has 0 aromatic carbocycles. The van der Waals surface area contributed by atoms with Gasteiger partial charge < -0.3 is 4.74 Å². The van der Waals surface area contributed by atoms with Gasteiger partial charge in [0.1, 0.15) is 6.84 Å². The first-order valence-electron chi connectivity index (χ1n) is 4.20. The van der Waals surface area contributed by atoms with E-state index in [2.05, 4.69) is 45.2 Å². The number of allylic oxidation sites excluding steroid dienone is 2. The van der Waals surface area contributed by atoms with E-state index in [0.717, 1.165) is 5.57 Å². The molecule has 0 aromatic heterocycles. The maximum Gasteiger partial charge on any atom is 0.332 e. The van der Waals surface area contributed by atoms with E-state index in [1.807, 2.05) is 13.0 Å². The molecule has 2 atom stereocenters. The standard InChI is InChI=1S/C9H8I2O3/c1-5-2-3-8(10)6(12)14-7(13)9(8,11)4-5/h2H,3-4H2,1H3/t8-,9+/m1/s1. The number of ether oxygens (including phenoxy) is 1. The van der Waals surface area contributed by atoms with Crippen LogP contribution in [0.1, 0.15) is 19.8 Å². The lowest BCUT2D eigenvalue weighted by atomic mass is 9.81. The molecule has 2 aliphatic rings. The Morgan fingerprint density at radius 3 is 2.50 bits per heavy atom. The van der Waals surface area contributed by atoms with Crippen molar-refractivity contribution in [3.8, 4) is 0 Å². The maximum absolute atomic E-state index is 11.6. The molecular formula is C9H8I2O3. The number of rotatable bonds is 0. The Labute approximate surface area is 109 Å². The van der Waals surface area contributed by atoms with Crippen molar-refractivity contribution in [3.05, 3.63) is 11.6 Å². The van der Waals surface area contributed by atoms with Gasteiger partial charge in [0.15, 0.2) is 0 Å². The summed E-state index contributed by atoms with van der Waals surface area (Å²) in [5.74, 6) is -0.772. The van der Waals surface area contributed by atoms with Crippen LogP contribution in [0.2, 0.25) is 0 Å². The molecule has 0 unspecified atom stereocenters. The summed E-state index contributed by atoms with van der Waals surface area (Å²) in [6.45, 7) is 1.98. The van der Waals surface area contributed by atoms with Crippen LogP contribution in [-0.2, 0) is 14.3 Å². The van der Waals surface area contributed by atoms with Gasteiger partial charge in [-0.3, -0.25) is 9.59 Å². The van der Waals surface area contributed by atoms with Gasteiger partial charge in [-0.05, 0) is 19.8 Å². The first kappa shape index (κ1) is 10.8. The molecule has 1 fully saturated rings. The van der Waals surface area contributed by atoms with Crippen LogP contribution >= 0.6 is 45.2 Å². The Balaban J connectivity index is 2.53. The monoisotopic (exact) mass is 418 g/mol. The highest BCUT2D eigenvalue weighted by Crippen LogP contribution is 2.54. The van der Waals surface area contributed by atoms with Crippen molar-refractivity contribution in [3.63, 3.8) is 0 Å². The van der Waals surface area contributed by atoms with E-state index in [1.165, 1.54) is 0 Å². The van der Waals surface area contributed by atoms with Crippen molar-refractivity contribution < 1.29 is 14.3 Å². The summed E-state index contributed by atoms with van der Waals surface area (Å²) < 4.78 is 3.35. The first-order valence-corrected chi connectivity index (χ1v) is 6.36. The zero-order chi connectivity index (χ0) is 10.6. The molecule has 0 amide bonds. The number of carbonyl (C=O) groups is 2. The maximum atomic E-state index is 11.6. The average Bonchev–Trinajstić information content (AvgIpc) is 2.26. The molecule has 0 spiro atoms. The van der Waals surface area contributed by atoms with Crippen LogP contribution in [0, 0.1) is 0 Å². The zero-order valence-corrected chi connectivity index (χ0v) is 11.8. The second-order valence-electron chi connectivity index (χ2n) is 3.71. The van der Waals surface area contributed by atoms with Crippen molar-refractivity contribution in [2.45, 2.75) is 26.6 Å². The van der Waals surface area contributed by atoms with Crippen LogP contribution in [0.4, 0.5) is 0 Å². The van der Waals surface area contributed by atoms with Crippen LogP contribution < -0.4 is 0 Å². The van der Waals surface area contributed by atoms with Crippen LogP contribution in [-0.4, -0.2) is 18.8 Å². The number of alkyl halides is 2. The van der Waals surface area contributed by atoms with Gasteiger partial charge in [0, 0.05) is 0 Å². The molecule has 0 saturated carbocycles. The van der Waals surface area contributed by atoms with E-state index in [9.17, 15) is 9.59 Å². The number of hydrogen-bond donors (Lipinski definition) is 0. The third-order valence-electron chi connectivity index (χ3n) is 2.71. The highest BCUT2D eigenvalue weighted by Gasteiger charge is 2.66. The molecule has 2 rings (SSSR count). The molecule has 1 aliphatic heterocycles. The molecule has 0 N–H and O–H groups in total. The third kappa shape index (κ3) is 1.20. The molecule has 1 aliphatic carbocycles. The Bertz CT molecular complexity index is 363. The van der Waals surface area contributed by atoms with Crippen molar-refractivity contribution in [2.24, 2.45) is 0 Å². The lowest BCUT2D eigenvalue weighted by Gasteiger charge is -2.34. The highest BCUT2D eigenvalue weighted by molar-refractivity contribution is 14.1. The SMILES string of the molecule is CC1=CC[C@@]2(I)C(=O)OC(=O)[C@@]2(I)C1. The third-order valence-corrected chi connectivity index (χ3v) is 7.29. The molecule has 76 valence electrons. The van der Waals surface area contributed by atoms with E-state index in [4.69, 9.17) is 4.74 Å². The van der Waals surface area contributed by atoms with Crippen LogP contribution in [0.25, 0.3) is 0 Å². The summed E-state index contributed by atoms with van der Waals surface area (Å²) >= 11 is 4.14. The number of esters is 2. The largest absolute Gasteiger partial charge is 0.391 e. The summed E-state index contributed by atoms with van der Waals surface area (Å²) in [7, 11) is 0. The summed E-state index contributed by atoms with van der Waals surface area (Å²) in [6.07, 6.45) is 3.22. The molecule has 14 heavy (non-hydrogen) atoms. The molecular weight excluding hydrogens is 410 g/mol. The first-order chi connectivity index (χ1) is 6.40. The lowest BCUT2D eigenvalue weighted by Crippen LogP contribution is -2.49. The molecule has 1 saturated heterocycles. The summed E-state index contributed by atoms with van der Waals surface area (Å²) in [5.41, 5.74) is 1.15. The van der Waals surface area contributed by atoms with E-state index in [-0.39, 0.29) is 11.9 Å². The van der Waals surface area contributed by atoms with Crippen molar-refractivity contribution in [1.82, 2.24) is 0 Å². The second kappa shape index (κ2) is 3.16. The van der Waals surface area contributed by atoms with Crippen molar-refractivity contribution in [2.75, 3.05) is 0 Å². The van der Waals surface area contributed by atoms with Gasteiger partial charge in [0.05, 0.1) is 0 Å². The number of halogens is 2. The molecule has 0 radical (unpaired) electrons. The number of fused-ring (bicyclic) bond motifs is 1. The number of cyclic esters (lactones) is 2. The van der Waals surface area contributed by atoms with E-state index < -0.39 is 6.84 Å². The van der Waals surface area contributed by atoms with Gasteiger partial charge in [-0.1, -0.05) is 56.8 Å². The minimum Gasteiger partial charge on any atom is -0.391 e. The van der Waals surface area contributed by atoms with Gasteiger partial charge in [-0.25, -0.2) is 0 Å². The van der Waals surface area contributed by atoms with Crippen molar-refractivity contribution in [1.29, 1.82) is 0 Å². The van der Waals surface area contributed by atoms with E-state index in [0.29, 0.717) is 12.8 Å². The highest BCUT2D eigenvalue weighted by atomic mass is 127. The Kier molecular flexibility index (Phi) is 2.45. The van der Waals surface area contributed by atoms with Crippen LogP contribution in [0.3, 0.4) is 0 Å². The summed E-state index contributed by atoms with van der Waals surface area (Å²) in [4.78, 5) is 23.2. The quantitative estimate of drug-likeness (QED) is 0.199. The molecule has 5 heteroatoms. The molecule has 0 aromatic rings. The smallest absolute Gasteiger partial charge is 0.332 e. The van der Waals surface area contributed by atoms with Gasteiger partial charge in [0.25, 0.3) is 0 Å². The summed E-state index contributed by atoms with van der Waals surface area (Å²) in [6, 6.07) is 0. The minimum atomic E-state index is -0.693. The fourth-order valence-electron chi connectivity index (χ4n) is 1.80. The van der Waals surface area contributed by atoms with Gasteiger partial charge in [0.2, 0.25) is 0 Å². The predicted octanol–water partition coefficient (Wildman–Crippen LogP) is 2.16. The fraction of sp³-hybridized carbons (Fsp3) is 0.556. The van der Waals surface area contributed by atoms with Gasteiger partial charge in [-0.2, -0.15) is 0 Å². The lowest BCUT2D eigenvalue weighted by molar-refractivity contribution is -0.152. The van der Waals surface area contributed by atoms with E-state index >= 15 is 0 Å². The molecule has 3 nitrogen and oxygen atoms in total. The molecule has 0 bridgehead atoms. The Morgan fingerprint density at radius 1 is 1.29 bits per heavy atom. The van der Waals surface area contributed by atoms with E-state index in [1.54, 1.807) is 0 Å². The average molecular weight is 418 g/mol. The van der Waals surface area contributed by atoms with Gasteiger partial charge in [-0.15, -0.1) is 0 Å². The fourth-order valence-corrected chi connectivity index (χ4v) is 3.69. The number of carbonyl (C=O) groups excluding carboxylic acids is 2. The molecule has 1 heterocycles. The topological polar surface area (TPSA) is 43.4 Å². The Morgan fingerprint density at radius 2 is 1.86 bits per heavy atom. The number of hydrogen-bond acceptors (Lipinski definition) is 3. The second-order valence-corrected chi connectivity index (χ2v) is 7.39. The van der Waals surface area contributed by atoms with Crippen LogP contribution in [0.15, 0.2) is 11.6 Å². The van der Waals surface area contributed by atoms with Crippen molar-refractivity contribution >= 4 is 57.1 Å². The summed E-state index contributed by atoms with van der Waals surface area (Å²) in [5, 5.41) is 0. The van der Waals surface area contributed by atoms with Crippen LogP contribution in [0.5, 0.6) is 0 Å². The minimum absolute atomic E-state index is 0.384. The zero-order valence-electron chi connectivity index (χ0n) is 7.47. The normalized spacial score (nSPS) is 41.8.